The number of benzene rings is 2. The molecule has 0 spiro atoms. The second kappa shape index (κ2) is 9.59. The van der Waals surface area contributed by atoms with E-state index in [-0.39, 0.29) is 5.56 Å². The molecule has 2 N–H and O–H groups in total. The summed E-state index contributed by atoms with van der Waals surface area (Å²) >= 11 is 3.33. The first-order chi connectivity index (χ1) is 13.7. The van der Waals surface area contributed by atoms with E-state index in [4.69, 9.17) is 4.74 Å². The second-order valence-corrected chi connectivity index (χ2v) is 6.52. The van der Waals surface area contributed by atoms with Crippen molar-refractivity contribution in [2.75, 3.05) is 6.61 Å². The number of halogens is 1. The molecule has 0 fully saturated rings. The maximum Gasteiger partial charge on any atom is 0.277 e. The predicted octanol–water partition coefficient (Wildman–Crippen LogP) is 2.67. The molecule has 11 nitrogen and oxygen atoms in total. The van der Waals surface area contributed by atoms with E-state index in [0.717, 1.165) is 30.2 Å². The van der Waals surface area contributed by atoms with Crippen molar-refractivity contribution in [2.24, 2.45) is 0 Å². The number of carbonyl (C=O) groups excluding carboxylic acids is 2. The Morgan fingerprint density at radius 3 is 2.17 bits per heavy atom. The van der Waals surface area contributed by atoms with Crippen LogP contribution in [-0.2, 0) is 11.2 Å². The molecule has 0 saturated carbocycles. The lowest BCUT2D eigenvalue weighted by Gasteiger charge is -2.10. The standard InChI is InChI=1S/C17H15BrN4O7/c1-2-10-3-4-15(14(18)5-10)29-9-16(23)19-20-17(24)11-6-12(21(25)26)8-13(7-11)22(27)28/h3-8H,2,9H2,1H3,(H,19,23)(H,20,24). The third-order valence-electron chi connectivity index (χ3n) is 3.67. The van der Waals surface area contributed by atoms with Crippen molar-refractivity contribution in [1.82, 2.24) is 10.9 Å². The highest BCUT2D eigenvalue weighted by Gasteiger charge is 2.20. The minimum Gasteiger partial charge on any atom is -0.483 e. The lowest BCUT2D eigenvalue weighted by atomic mass is 10.1. The fraction of sp³-hybridized carbons (Fsp3) is 0.176. The summed E-state index contributed by atoms with van der Waals surface area (Å²) in [5.74, 6) is -1.23. The van der Waals surface area contributed by atoms with Crippen molar-refractivity contribution in [3.8, 4) is 5.75 Å². The van der Waals surface area contributed by atoms with Crippen LogP contribution in [0.5, 0.6) is 5.75 Å². The Morgan fingerprint density at radius 2 is 1.66 bits per heavy atom. The number of hydrogen-bond donors (Lipinski definition) is 2. The van der Waals surface area contributed by atoms with E-state index < -0.39 is 39.6 Å². The summed E-state index contributed by atoms with van der Waals surface area (Å²) < 4.78 is 6.01. The first kappa shape index (κ1) is 21.8. The number of carbonyl (C=O) groups is 2. The molecule has 12 heteroatoms. The summed E-state index contributed by atoms with van der Waals surface area (Å²) in [7, 11) is 0. The molecule has 2 amide bonds. The highest BCUT2D eigenvalue weighted by Crippen LogP contribution is 2.26. The van der Waals surface area contributed by atoms with Crippen LogP contribution in [0.25, 0.3) is 0 Å². The molecule has 0 heterocycles. The first-order valence-corrected chi connectivity index (χ1v) is 8.94. The van der Waals surface area contributed by atoms with Crippen LogP contribution < -0.4 is 15.6 Å². The Balaban J connectivity index is 1.97. The molecule has 0 aliphatic rings. The van der Waals surface area contributed by atoms with Crippen LogP contribution >= 0.6 is 15.9 Å². The molecule has 0 unspecified atom stereocenters. The Hall–Kier alpha value is -3.54. The minimum atomic E-state index is -0.960. The normalized spacial score (nSPS) is 10.1. The predicted molar refractivity (Wildman–Crippen MR) is 104 cm³/mol. The smallest absolute Gasteiger partial charge is 0.277 e. The average Bonchev–Trinajstić information content (AvgIpc) is 2.70. The van der Waals surface area contributed by atoms with Crippen molar-refractivity contribution in [2.45, 2.75) is 13.3 Å². The number of non-ortho nitro benzene ring substituents is 2. The van der Waals surface area contributed by atoms with E-state index >= 15 is 0 Å². The topological polar surface area (TPSA) is 154 Å². The van der Waals surface area contributed by atoms with Gasteiger partial charge in [0.1, 0.15) is 5.75 Å². The van der Waals surface area contributed by atoms with Gasteiger partial charge in [-0.15, -0.1) is 0 Å². The lowest BCUT2D eigenvalue weighted by Crippen LogP contribution is -2.43. The Morgan fingerprint density at radius 1 is 1.03 bits per heavy atom. The highest BCUT2D eigenvalue weighted by molar-refractivity contribution is 9.10. The number of hydrogen-bond acceptors (Lipinski definition) is 7. The molecule has 0 aliphatic heterocycles. The maximum atomic E-state index is 12.1. The molecule has 0 bridgehead atoms. The average molecular weight is 467 g/mol. The number of rotatable bonds is 7. The van der Waals surface area contributed by atoms with Crippen molar-refractivity contribution >= 4 is 39.1 Å². The summed E-state index contributed by atoms with van der Waals surface area (Å²) in [5.41, 5.74) is 3.57. The SMILES string of the molecule is CCc1ccc(OCC(=O)NNC(=O)c2cc([N+](=O)[O-])cc([N+](=O)[O-])c2)c(Br)c1. The molecular weight excluding hydrogens is 452 g/mol. The number of hydrazine groups is 1. The molecule has 29 heavy (non-hydrogen) atoms. The number of nitrogens with one attached hydrogen (secondary N) is 2. The van der Waals surface area contributed by atoms with Crippen LogP contribution in [-0.4, -0.2) is 28.3 Å². The van der Waals surface area contributed by atoms with E-state index in [9.17, 15) is 29.8 Å². The van der Waals surface area contributed by atoms with Gasteiger partial charge in [0.25, 0.3) is 23.2 Å². The Bertz CT molecular complexity index is 948. The van der Waals surface area contributed by atoms with Gasteiger partial charge in [0.05, 0.1) is 25.9 Å². The monoisotopic (exact) mass is 466 g/mol. The molecule has 2 aromatic rings. The molecule has 2 rings (SSSR count). The van der Waals surface area contributed by atoms with Gasteiger partial charge in [-0.05, 0) is 40.0 Å². The summed E-state index contributed by atoms with van der Waals surface area (Å²) in [6.07, 6.45) is 0.835. The molecular formula is C17H15BrN4O7. The summed E-state index contributed by atoms with van der Waals surface area (Å²) in [5, 5.41) is 21.7. The van der Waals surface area contributed by atoms with Crippen LogP contribution in [0.4, 0.5) is 11.4 Å². The molecule has 152 valence electrons. The Kier molecular flexibility index (Phi) is 7.20. The van der Waals surface area contributed by atoms with Gasteiger partial charge in [-0.3, -0.25) is 40.7 Å². The van der Waals surface area contributed by atoms with Crippen molar-refractivity contribution in [1.29, 1.82) is 0 Å². The van der Waals surface area contributed by atoms with Crippen molar-refractivity contribution in [3.05, 3.63) is 72.2 Å². The molecule has 2 aromatic carbocycles. The van der Waals surface area contributed by atoms with E-state index in [1.165, 1.54) is 0 Å². The maximum absolute atomic E-state index is 12.1. The Labute approximate surface area is 172 Å². The largest absolute Gasteiger partial charge is 0.483 e. The number of nitro groups is 2. The van der Waals surface area contributed by atoms with Gasteiger partial charge in [-0.25, -0.2) is 0 Å². The van der Waals surface area contributed by atoms with Gasteiger partial charge in [-0.2, -0.15) is 0 Å². The summed E-state index contributed by atoms with van der Waals surface area (Å²) in [4.78, 5) is 43.9. The number of nitro benzene ring substituents is 2. The third kappa shape index (κ3) is 5.97. The van der Waals surface area contributed by atoms with Gasteiger partial charge >= 0.3 is 0 Å². The summed E-state index contributed by atoms with van der Waals surface area (Å²) in [6, 6.07) is 7.83. The van der Waals surface area contributed by atoms with E-state index in [2.05, 4.69) is 21.4 Å². The number of ether oxygens (including phenoxy) is 1. The van der Waals surface area contributed by atoms with Crippen LogP contribution in [0.2, 0.25) is 0 Å². The van der Waals surface area contributed by atoms with Gasteiger partial charge in [-0.1, -0.05) is 13.0 Å². The molecule has 0 atom stereocenters. The number of nitrogens with zero attached hydrogens (tertiary/aromatic N) is 2. The number of aryl methyl sites for hydroxylation is 1. The van der Waals surface area contributed by atoms with Crippen molar-refractivity contribution in [3.63, 3.8) is 0 Å². The van der Waals surface area contributed by atoms with Gasteiger partial charge in [0.15, 0.2) is 6.61 Å². The molecule has 0 radical (unpaired) electrons. The quantitative estimate of drug-likeness (QED) is 0.469. The number of amides is 2. The minimum absolute atomic E-state index is 0.356. The van der Waals surface area contributed by atoms with Gasteiger partial charge in [0, 0.05) is 12.1 Å². The van der Waals surface area contributed by atoms with Crippen LogP contribution in [0.1, 0.15) is 22.8 Å². The lowest BCUT2D eigenvalue weighted by molar-refractivity contribution is -0.394. The zero-order valence-corrected chi connectivity index (χ0v) is 16.6. The van der Waals surface area contributed by atoms with E-state index in [1.807, 2.05) is 24.5 Å². The molecule has 0 aliphatic carbocycles. The van der Waals surface area contributed by atoms with Crippen molar-refractivity contribution < 1.29 is 24.2 Å². The van der Waals surface area contributed by atoms with Crippen LogP contribution in [0.15, 0.2) is 40.9 Å². The van der Waals surface area contributed by atoms with Gasteiger partial charge < -0.3 is 4.74 Å². The van der Waals surface area contributed by atoms with E-state index in [1.54, 1.807) is 6.07 Å². The molecule has 0 aromatic heterocycles. The van der Waals surface area contributed by atoms with Gasteiger partial charge in [0.2, 0.25) is 0 Å². The summed E-state index contributed by atoms with van der Waals surface area (Å²) in [6.45, 7) is 1.58. The fourth-order valence-corrected chi connectivity index (χ4v) is 2.74. The van der Waals surface area contributed by atoms with E-state index in [0.29, 0.717) is 10.2 Å². The zero-order valence-electron chi connectivity index (χ0n) is 15.0. The van der Waals surface area contributed by atoms with Crippen LogP contribution in [0.3, 0.4) is 0 Å². The molecule has 0 saturated heterocycles. The zero-order chi connectivity index (χ0) is 21.6. The fourth-order valence-electron chi connectivity index (χ4n) is 2.20. The van der Waals surface area contributed by atoms with Crippen LogP contribution in [0, 0.1) is 20.2 Å². The highest BCUT2D eigenvalue weighted by atomic mass is 79.9. The third-order valence-corrected chi connectivity index (χ3v) is 4.28. The second-order valence-electron chi connectivity index (χ2n) is 5.66. The first-order valence-electron chi connectivity index (χ1n) is 8.15.